The number of hydrogen-bond donors (Lipinski definition) is 0. The number of rotatable bonds is 4. The van der Waals surface area contributed by atoms with Crippen molar-refractivity contribution in [2.75, 3.05) is 6.61 Å². The molecule has 0 bridgehead atoms. The molecule has 0 saturated heterocycles. The van der Waals surface area contributed by atoms with Gasteiger partial charge in [-0.15, -0.1) is 10.2 Å². The van der Waals surface area contributed by atoms with Crippen molar-refractivity contribution in [2.24, 2.45) is 0 Å². The lowest BCUT2D eigenvalue weighted by molar-refractivity contribution is 0.0505. The molecule has 0 N–H and O–H groups in total. The fourth-order valence-electron chi connectivity index (χ4n) is 1.01. The van der Waals surface area contributed by atoms with Crippen molar-refractivity contribution in [3.63, 3.8) is 0 Å². The van der Waals surface area contributed by atoms with Gasteiger partial charge in [-0.2, -0.15) is 0 Å². The summed E-state index contributed by atoms with van der Waals surface area (Å²) in [5.74, 6) is -0.128. The van der Waals surface area contributed by atoms with Gasteiger partial charge >= 0.3 is 5.97 Å². The summed E-state index contributed by atoms with van der Waals surface area (Å²) in [6.45, 7) is 4.88. The molecule has 0 spiro atoms. The Labute approximate surface area is 76.7 Å². The summed E-state index contributed by atoms with van der Waals surface area (Å²) in [6, 6.07) is 0. The molecule has 72 valence electrons. The highest BCUT2D eigenvalue weighted by Gasteiger charge is 2.13. The number of aromatic nitrogens is 3. The summed E-state index contributed by atoms with van der Waals surface area (Å²) in [4.78, 5) is 11.3. The first-order valence-corrected chi connectivity index (χ1v) is 4.34. The predicted molar refractivity (Wildman–Crippen MR) is 46.3 cm³/mol. The number of carbonyl (C=O) groups excluding carboxylic acids is 1. The highest BCUT2D eigenvalue weighted by molar-refractivity contribution is 5.85. The van der Waals surface area contributed by atoms with Gasteiger partial charge in [0.05, 0.1) is 6.61 Å². The van der Waals surface area contributed by atoms with Gasteiger partial charge in [0.15, 0.2) is 0 Å². The van der Waals surface area contributed by atoms with E-state index in [2.05, 4.69) is 10.2 Å². The number of nitrogens with zero attached hydrogens (tertiary/aromatic N) is 3. The van der Waals surface area contributed by atoms with E-state index in [0.29, 0.717) is 6.61 Å². The first-order chi connectivity index (χ1) is 6.29. The zero-order valence-electron chi connectivity index (χ0n) is 7.86. The van der Waals surface area contributed by atoms with Crippen molar-refractivity contribution < 1.29 is 9.53 Å². The Morgan fingerprint density at radius 1 is 1.62 bits per heavy atom. The molecule has 13 heavy (non-hydrogen) atoms. The third kappa shape index (κ3) is 2.27. The molecule has 0 fully saturated rings. The number of ether oxygens (including phenoxy) is 1. The Hall–Kier alpha value is -1.39. The highest BCUT2D eigenvalue weighted by Crippen LogP contribution is 1.99. The van der Waals surface area contributed by atoms with Crippen LogP contribution in [0, 0.1) is 0 Å². The van der Waals surface area contributed by atoms with E-state index in [0.717, 1.165) is 13.0 Å². The first kappa shape index (κ1) is 9.70. The van der Waals surface area contributed by atoms with Gasteiger partial charge < -0.3 is 9.30 Å². The molecule has 1 rings (SSSR count). The molecule has 0 unspecified atom stereocenters. The van der Waals surface area contributed by atoms with Crippen LogP contribution >= 0.6 is 0 Å². The first-order valence-electron chi connectivity index (χ1n) is 4.34. The normalized spacial score (nSPS) is 10.0. The minimum absolute atomic E-state index is 0.281. The maximum atomic E-state index is 11.3. The van der Waals surface area contributed by atoms with Crippen molar-refractivity contribution in [3.8, 4) is 0 Å². The van der Waals surface area contributed by atoms with Crippen molar-refractivity contribution in [1.29, 1.82) is 0 Å². The molecule has 1 heterocycles. The Morgan fingerprint density at radius 3 is 3.00 bits per heavy atom. The summed E-state index contributed by atoms with van der Waals surface area (Å²) < 4.78 is 6.50. The van der Waals surface area contributed by atoms with Crippen LogP contribution in [0.15, 0.2) is 6.33 Å². The number of esters is 1. The van der Waals surface area contributed by atoms with Gasteiger partial charge in [-0.3, -0.25) is 0 Å². The maximum Gasteiger partial charge on any atom is 0.376 e. The van der Waals surface area contributed by atoms with Crippen molar-refractivity contribution in [2.45, 2.75) is 26.8 Å². The van der Waals surface area contributed by atoms with Crippen LogP contribution in [0.3, 0.4) is 0 Å². The highest BCUT2D eigenvalue weighted by atomic mass is 16.5. The average Bonchev–Trinajstić information content (AvgIpc) is 2.54. The zero-order chi connectivity index (χ0) is 9.68. The quantitative estimate of drug-likeness (QED) is 0.650. The molecule has 1 aromatic rings. The fourth-order valence-corrected chi connectivity index (χ4v) is 1.01. The van der Waals surface area contributed by atoms with Gasteiger partial charge in [0.25, 0.3) is 0 Å². The van der Waals surface area contributed by atoms with Gasteiger partial charge in [-0.25, -0.2) is 4.79 Å². The summed E-state index contributed by atoms with van der Waals surface area (Å²) in [7, 11) is 0. The molecular formula is C8H13N3O2. The third-order valence-electron chi connectivity index (χ3n) is 1.54. The van der Waals surface area contributed by atoms with Crippen molar-refractivity contribution in [1.82, 2.24) is 14.8 Å². The van der Waals surface area contributed by atoms with Crippen molar-refractivity contribution in [3.05, 3.63) is 12.2 Å². The van der Waals surface area contributed by atoms with Crippen LogP contribution in [0.2, 0.25) is 0 Å². The zero-order valence-corrected chi connectivity index (χ0v) is 7.86. The average molecular weight is 183 g/mol. The molecule has 0 amide bonds. The standard InChI is InChI=1S/C8H13N3O2/c1-3-5-11-6-9-10-7(11)8(12)13-4-2/h6H,3-5H2,1-2H3. The van der Waals surface area contributed by atoms with Gasteiger partial charge in [0.2, 0.25) is 5.82 Å². The van der Waals surface area contributed by atoms with Gasteiger partial charge in [-0.1, -0.05) is 6.92 Å². The molecular weight excluding hydrogens is 170 g/mol. The van der Waals surface area contributed by atoms with Gasteiger partial charge in [0.1, 0.15) is 6.33 Å². The second-order valence-corrected chi connectivity index (χ2v) is 2.57. The van der Waals surface area contributed by atoms with Crippen LogP contribution in [-0.2, 0) is 11.3 Å². The molecule has 5 nitrogen and oxygen atoms in total. The summed E-state index contributed by atoms with van der Waals surface area (Å²) in [6.07, 6.45) is 2.47. The molecule has 0 saturated carbocycles. The van der Waals surface area contributed by atoms with E-state index in [1.54, 1.807) is 11.5 Å². The molecule has 0 atom stereocenters. The lowest BCUT2D eigenvalue weighted by atomic mass is 10.4. The van der Waals surface area contributed by atoms with E-state index in [9.17, 15) is 4.79 Å². The second-order valence-electron chi connectivity index (χ2n) is 2.57. The van der Waals surface area contributed by atoms with Crippen LogP contribution in [0.4, 0.5) is 0 Å². The van der Waals surface area contributed by atoms with Crippen LogP contribution in [-0.4, -0.2) is 27.3 Å². The van der Waals surface area contributed by atoms with Crippen LogP contribution in [0.25, 0.3) is 0 Å². The van der Waals surface area contributed by atoms with Gasteiger partial charge in [-0.05, 0) is 13.3 Å². The molecule has 0 aliphatic carbocycles. The molecule has 0 aromatic carbocycles. The number of aryl methyl sites for hydroxylation is 1. The van der Waals surface area contributed by atoms with E-state index in [1.165, 1.54) is 6.33 Å². The molecule has 5 heteroatoms. The Morgan fingerprint density at radius 2 is 2.38 bits per heavy atom. The SMILES string of the molecule is CCCn1cnnc1C(=O)OCC. The lowest BCUT2D eigenvalue weighted by Gasteiger charge is -2.03. The topological polar surface area (TPSA) is 57.0 Å². The largest absolute Gasteiger partial charge is 0.460 e. The van der Waals surface area contributed by atoms with E-state index >= 15 is 0 Å². The summed E-state index contributed by atoms with van der Waals surface area (Å²) in [5.41, 5.74) is 0. The maximum absolute atomic E-state index is 11.3. The fraction of sp³-hybridized carbons (Fsp3) is 0.625. The molecule has 0 aliphatic rings. The van der Waals surface area contributed by atoms with E-state index < -0.39 is 5.97 Å². The van der Waals surface area contributed by atoms with E-state index in [4.69, 9.17) is 4.74 Å². The number of carbonyl (C=O) groups is 1. The number of hydrogen-bond acceptors (Lipinski definition) is 4. The van der Waals surface area contributed by atoms with E-state index in [1.807, 2.05) is 6.92 Å². The monoisotopic (exact) mass is 183 g/mol. The minimum Gasteiger partial charge on any atom is -0.460 e. The van der Waals surface area contributed by atoms with Crippen LogP contribution < -0.4 is 0 Å². The molecule has 1 aromatic heterocycles. The second kappa shape index (κ2) is 4.59. The molecule has 0 radical (unpaired) electrons. The Bertz CT molecular complexity index is 283. The van der Waals surface area contributed by atoms with E-state index in [-0.39, 0.29) is 5.82 Å². The van der Waals surface area contributed by atoms with Crippen LogP contribution in [0.5, 0.6) is 0 Å². The molecule has 0 aliphatic heterocycles. The third-order valence-corrected chi connectivity index (χ3v) is 1.54. The minimum atomic E-state index is -0.409. The summed E-state index contributed by atoms with van der Waals surface area (Å²) in [5, 5.41) is 7.35. The smallest absolute Gasteiger partial charge is 0.376 e. The Balaban J connectivity index is 2.74. The van der Waals surface area contributed by atoms with Crippen LogP contribution in [0.1, 0.15) is 30.9 Å². The van der Waals surface area contributed by atoms with Gasteiger partial charge in [0, 0.05) is 6.54 Å². The Kier molecular flexibility index (Phi) is 3.42. The summed E-state index contributed by atoms with van der Waals surface area (Å²) >= 11 is 0. The van der Waals surface area contributed by atoms with Crippen molar-refractivity contribution >= 4 is 5.97 Å². The lowest BCUT2D eigenvalue weighted by Crippen LogP contribution is -2.13. The predicted octanol–water partition coefficient (Wildman–Crippen LogP) is 0.865.